The van der Waals surface area contributed by atoms with Crippen molar-refractivity contribution in [2.75, 3.05) is 26.1 Å². The van der Waals surface area contributed by atoms with E-state index in [9.17, 15) is 9.59 Å². The van der Waals surface area contributed by atoms with Crippen molar-refractivity contribution in [1.82, 2.24) is 5.32 Å². The molecule has 0 aliphatic rings. The number of carbonyl (C=O) groups is 2. The second-order valence-electron chi connectivity index (χ2n) is 4.92. The van der Waals surface area contributed by atoms with E-state index >= 15 is 0 Å². The number of anilines is 1. The SMILES string of the molecule is COCC(C)NC(=O)COC(=O)C(C)c1cccc(N)c1. The van der Waals surface area contributed by atoms with E-state index in [1.54, 1.807) is 45.2 Å². The number of nitrogens with two attached hydrogens (primary N) is 1. The molecule has 0 aromatic heterocycles. The summed E-state index contributed by atoms with van der Waals surface area (Å²) in [5.74, 6) is -1.29. The van der Waals surface area contributed by atoms with Crippen LogP contribution in [-0.2, 0) is 19.1 Å². The fraction of sp³-hybridized carbons (Fsp3) is 0.467. The molecular formula is C15H22N2O4. The van der Waals surface area contributed by atoms with Crippen molar-refractivity contribution in [3.63, 3.8) is 0 Å². The van der Waals surface area contributed by atoms with Gasteiger partial charge >= 0.3 is 5.97 Å². The van der Waals surface area contributed by atoms with Gasteiger partial charge in [0.2, 0.25) is 0 Å². The number of rotatable bonds is 7. The van der Waals surface area contributed by atoms with Crippen LogP contribution < -0.4 is 11.1 Å². The molecule has 0 aliphatic heterocycles. The minimum absolute atomic E-state index is 0.132. The zero-order chi connectivity index (χ0) is 15.8. The highest BCUT2D eigenvalue weighted by atomic mass is 16.5. The highest BCUT2D eigenvalue weighted by Crippen LogP contribution is 2.18. The molecule has 6 nitrogen and oxygen atoms in total. The second kappa shape index (κ2) is 8.26. The number of nitrogen functional groups attached to an aromatic ring is 1. The predicted octanol–water partition coefficient (Wildman–Crippen LogP) is 1.07. The van der Waals surface area contributed by atoms with Crippen molar-refractivity contribution in [2.45, 2.75) is 25.8 Å². The van der Waals surface area contributed by atoms with Crippen LogP contribution in [0.15, 0.2) is 24.3 Å². The highest BCUT2D eigenvalue weighted by molar-refractivity contribution is 5.83. The quantitative estimate of drug-likeness (QED) is 0.580. The molecule has 0 saturated carbocycles. The third kappa shape index (κ3) is 5.83. The molecule has 0 fully saturated rings. The van der Waals surface area contributed by atoms with E-state index < -0.39 is 11.9 Å². The largest absolute Gasteiger partial charge is 0.455 e. The van der Waals surface area contributed by atoms with Crippen molar-refractivity contribution in [1.29, 1.82) is 0 Å². The number of nitrogens with one attached hydrogen (secondary N) is 1. The van der Waals surface area contributed by atoms with Crippen LogP contribution in [0.4, 0.5) is 5.69 Å². The Labute approximate surface area is 124 Å². The summed E-state index contributed by atoms with van der Waals surface area (Å²) in [6.45, 7) is 3.61. The summed E-state index contributed by atoms with van der Waals surface area (Å²) >= 11 is 0. The first-order valence-corrected chi connectivity index (χ1v) is 6.74. The highest BCUT2D eigenvalue weighted by Gasteiger charge is 2.18. The lowest BCUT2D eigenvalue weighted by Gasteiger charge is -2.14. The lowest BCUT2D eigenvalue weighted by Crippen LogP contribution is -2.38. The Bertz CT molecular complexity index is 490. The van der Waals surface area contributed by atoms with Gasteiger partial charge in [-0.05, 0) is 31.5 Å². The first-order chi connectivity index (χ1) is 9.93. The van der Waals surface area contributed by atoms with Crippen molar-refractivity contribution < 1.29 is 19.1 Å². The standard InChI is InChI=1S/C15H22N2O4/c1-10(8-20-3)17-14(18)9-21-15(19)11(2)12-5-4-6-13(16)7-12/h4-7,10-11H,8-9,16H2,1-3H3,(H,17,18). The van der Waals surface area contributed by atoms with Gasteiger partial charge in [-0.3, -0.25) is 9.59 Å². The van der Waals surface area contributed by atoms with Crippen LogP contribution in [0.1, 0.15) is 25.3 Å². The molecule has 2 unspecified atom stereocenters. The molecule has 116 valence electrons. The lowest BCUT2D eigenvalue weighted by molar-refractivity contribution is -0.149. The van der Waals surface area contributed by atoms with Crippen molar-refractivity contribution in [3.05, 3.63) is 29.8 Å². The van der Waals surface area contributed by atoms with Crippen LogP contribution >= 0.6 is 0 Å². The van der Waals surface area contributed by atoms with Crippen molar-refractivity contribution in [3.8, 4) is 0 Å². The molecule has 1 aromatic rings. The maximum absolute atomic E-state index is 11.9. The van der Waals surface area contributed by atoms with Gasteiger partial charge in [0.15, 0.2) is 6.61 Å². The van der Waals surface area contributed by atoms with Gasteiger partial charge in [-0.25, -0.2) is 0 Å². The zero-order valence-corrected chi connectivity index (χ0v) is 12.6. The van der Waals surface area contributed by atoms with Gasteiger partial charge in [0.1, 0.15) is 0 Å². The average Bonchev–Trinajstić information content (AvgIpc) is 2.44. The maximum Gasteiger partial charge on any atom is 0.313 e. The summed E-state index contributed by atoms with van der Waals surface area (Å²) < 4.78 is 9.91. The van der Waals surface area contributed by atoms with Crippen LogP contribution in [-0.4, -0.2) is 38.2 Å². The van der Waals surface area contributed by atoms with E-state index in [2.05, 4.69) is 5.32 Å². The van der Waals surface area contributed by atoms with Gasteiger partial charge in [-0.15, -0.1) is 0 Å². The average molecular weight is 294 g/mol. The first kappa shape index (κ1) is 17.0. The number of benzene rings is 1. The summed E-state index contributed by atoms with van der Waals surface area (Å²) in [7, 11) is 1.55. The van der Waals surface area contributed by atoms with Gasteiger partial charge in [0.25, 0.3) is 5.91 Å². The number of hydrogen-bond acceptors (Lipinski definition) is 5. The Kier molecular flexibility index (Phi) is 6.68. The first-order valence-electron chi connectivity index (χ1n) is 6.74. The topological polar surface area (TPSA) is 90.6 Å². The number of carbonyl (C=O) groups excluding carboxylic acids is 2. The number of methoxy groups -OCH3 is 1. The van der Waals surface area contributed by atoms with E-state index in [1.807, 2.05) is 0 Å². The van der Waals surface area contributed by atoms with Gasteiger partial charge in [0.05, 0.1) is 12.5 Å². The summed E-state index contributed by atoms with van der Waals surface area (Å²) in [5.41, 5.74) is 7.01. The van der Waals surface area contributed by atoms with E-state index in [1.165, 1.54) is 0 Å². The predicted molar refractivity (Wildman–Crippen MR) is 79.7 cm³/mol. The summed E-state index contributed by atoms with van der Waals surface area (Å²) in [6.07, 6.45) is 0. The molecule has 0 heterocycles. The van der Waals surface area contributed by atoms with Crippen molar-refractivity contribution in [2.24, 2.45) is 0 Å². The van der Waals surface area contributed by atoms with Gasteiger partial charge in [-0.1, -0.05) is 12.1 Å². The van der Waals surface area contributed by atoms with E-state index in [4.69, 9.17) is 15.2 Å². The molecule has 0 spiro atoms. The Hall–Kier alpha value is -2.08. The minimum atomic E-state index is -0.474. The second-order valence-corrected chi connectivity index (χ2v) is 4.92. The maximum atomic E-state index is 11.9. The third-order valence-electron chi connectivity index (χ3n) is 2.93. The fourth-order valence-electron chi connectivity index (χ4n) is 1.83. The lowest BCUT2D eigenvalue weighted by atomic mass is 10.0. The molecule has 3 N–H and O–H groups in total. The number of ether oxygens (including phenoxy) is 2. The number of hydrogen-bond donors (Lipinski definition) is 2. The molecule has 1 rings (SSSR count). The minimum Gasteiger partial charge on any atom is -0.455 e. The van der Waals surface area contributed by atoms with Crippen molar-refractivity contribution >= 4 is 17.6 Å². The summed E-state index contributed by atoms with van der Waals surface area (Å²) in [6, 6.07) is 6.89. The van der Waals surface area contributed by atoms with Crippen LogP contribution in [0.5, 0.6) is 0 Å². The molecule has 1 aromatic carbocycles. The van der Waals surface area contributed by atoms with Crippen LogP contribution in [0.25, 0.3) is 0 Å². The smallest absolute Gasteiger partial charge is 0.313 e. The van der Waals surface area contributed by atoms with Gasteiger partial charge in [-0.2, -0.15) is 0 Å². The molecule has 21 heavy (non-hydrogen) atoms. The Morgan fingerprint density at radius 2 is 2.05 bits per heavy atom. The van der Waals surface area contributed by atoms with E-state index in [0.29, 0.717) is 12.3 Å². The molecule has 0 bridgehead atoms. The molecule has 0 radical (unpaired) electrons. The molecular weight excluding hydrogens is 272 g/mol. The molecule has 2 atom stereocenters. The molecule has 0 saturated heterocycles. The molecule has 1 amide bonds. The fourth-order valence-corrected chi connectivity index (χ4v) is 1.83. The third-order valence-corrected chi connectivity index (χ3v) is 2.93. The molecule has 6 heteroatoms. The normalized spacial score (nSPS) is 13.3. The Balaban J connectivity index is 2.44. The zero-order valence-electron chi connectivity index (χ0n) is 12.6. The van der Waals surface area contributed by atoms with Gasteiger partial charge < -0.3 is 20.5 Å². The van der Waals surface area contributed by atoms with Crippen LogP contribution in [0.3, 0.4) is 0 Å². The Morgan fingerprint density at radius 3 is 2.67 bits per heavy atom. The van der Waals surface area contributed by atoms with Crippen LogP contribution in [0.2, 0.25) is 0 Å². The molecule has 0 aliphatic carbocycles. The monoisotopic (exact) mass is 294 g/mol. The summed E-state index contributed by atoms with van der Waals surface area (Å²) in [5, 5.41) is 2.66. The van der Waals surface area contributed by atoms with E-state index in [0.717, 1.165) is 5.56 Å². The Morgan fingerprint density at radius 1 is 1.33 bits per heavy atom. The summed E-state index contributed by atoms with van der Waals surface area (Å²) in [4.78, 5) is 23.5. The number of amides is 1. The number of esters is 1. The van der Waals surface area contributed by atoms with Crippen LogP contribution in [0, 0.1) is 0 Å². The van der Waals surface area contributed by atoms with E-state index in [-0.39, 0.29) is 18.6 Å². The van der Waals surface area contributed by atoms with Gasteiger partial charge in [0, 0.05) is 18.8 Å².